The highest BCUT2D eigenvalue weighted by atomic mass is 79.9. The second-order valence-electron chi connectivity index (χ2n) is 2.27. The molecule has 0 bridgehead atoms. The monoisotopic (exact) mass is 230 g/mol. The zero-order valence-corrected chi connectivity index (χ0v) is 7.63. The number of rotatable bonds is 1. The minimum atomic E-state index is -1.03. The number of carbonyl (C=O) groups is 1. The Balaban J connectivity index is 3.31. The molecular formula is C7H7BrN2O2. The summed E-state index contributed by atoms with van der Waals surface area (Å²) >= 11 is 3.10. The number of carboxylic acid groups (broad SMARTS) is 1. The van der Waals surface area contributed by atoms with E-state index in [1.807, 2.05) is 0 Å². The summed E-state index contributed by atoms with van der Waals surface area (Å²) in [6.07, 6.45) is 0. The minimum Gasteiger partial charge on any atom is -0.478 e. The van der Waals surface area contributed by atoms with E-state index in [0.29, 0.717) is 10.2 Å². The van der Waals surface area contributed by atoms with Crippen LogP contribution in [0.2, 0.25) is 0 Å². The van der Waals surface area contributed by atoms with E-state index in [9.17, 15) is 4.79 Å². The van der Waals surface area contributed by atoms with E-state index in [4.69, 9.17) is 16.6 Å². The first kappa shape index (κ1) is 8.86. The van der Waals surface area contributed by atoms with E-state index in [2.05, 4.69) is 15.9 Å². The zero-order chi connectivity index (χ0) is 9.30. The molecule has 1 rings (SSSR count). The van der Waals surface area contributed by atoms with Gasteiger partial charge in [0.15, 0.2) is 0 Å². The highest BCUT2D eigenvalue weighted by Gasteiger charge is 2.07. The predicted octanol–water partition coefficient (Wildman–Crippen LogP) is 1.31. The van der Waals surface area contributed by atoms with Crippen LogP contribution in [0.5, 0.6) is 0 Å². The Bertz CT molecular complexity index is 315. The lowest BCUT2D eigenvalue weighted by Crippen LogP contribution is -2.01. The van der Waals surface area contributed by atoms with Crippen molar-refractivity contribution >= 4 is 33.3 Å². The topological polar surface area (TPSA) is 89.3 Å². The fourth-order valence-electron chi connectivity index (χ4n) is 0.763. The van der Waals surface area contributed by atoms with E-state index in [0.717, 1.165) is 0 Å². The third kappa shape index (κ3) is 1.50. The predicted molar refractivity (Wildman–Crippen MR) is 49.9 cm³/mol. The van der Waals surface area contributed by atoms with Crippen molar-refractivity contribution < 1.29 is 9.90 Å². The van der Waals surface area contributed by atoms with E-state index in [-0.39, 0.29) is 11.3 Å². The number of anilines is 2. The van der Waals surface area contributed by atoms with Crippen LogP contribution >= 0.6 is 15.9 Å². The van der Waals surface area contributed by atoms with Gasteiger partial charge >= 0.3 is 5.97 Å². The number of nitrogen functional groups attached to an aromatic ring is 2. The molecule has 1 aromatic carbocycles. The first-order valence-corrected chi connectivity index (χ1v) is 3.89. The third-order valence-electron chi connectivity index (χ3n) is 1.41. The summed E-state index contributed by atoms with van der Waals surface area (Å²) < 4.78 is 0.500. The number of aromatic carboxylic acids is 1. The molecule has 1 aromatic rings. The molecule has 0 spiro atoms. The molecule has 64 valence electrons. The minimum absolute atomic E-state index is 0.119. The Morgan fingerprint density at radius 2 is 2.00 bits per heavy atom. The summed E-state index contributed by atoms with van der Waals surface area (Å²) in [7, 11) is 0. The van der Waals surface area contributed by atoms with Gasteiger partial charge in [-0.25, -0.2) is 4.79 Å². The summed E-state index contributed by atoms with van der Waals surface area (Å²) in [4.78, 5) is 10.5. The molecule has 0 aliphatic carbocycles. The fourth-order valence-corrected chi connectivity index (χ4v) is 1.24. The van der Waals surface area contributed by atoms with Crippen LogP contribution in [0.1, 0.15) is 10.4 Å². The van der Waals surface area contributed by atoms with Crippen LogP contribution < -0.4 is 11.5 Å². The highest BCUT2D eigenvalue weighted by molar-refractivity contribution is 9.10. The van der Waals surface area contributed by atoms with Crippen molar-refractivity contribution in [3.8, 4) is 0 Å². The Morgan fingerprint density at radius 3 is 2.42 bits per heavy atom. The molecule has 0 aliphatic rings. The quantitative estimate of drug-likeness (QED) is 0.635. The van der Waals surface area contributed by atoms with Crippen molar-refractivity contribution in [3.63, 3.8) is 0 Å². The summed E-state index contributed by atoms with van der Waals surface area (Å²) in [6.45, 7) is 0. The van der Waals surface area contributed by atoms with Crippen molar-refractivity contribution in [2.75, 3.05) is 11.5 Å². The number of hydrogen-bond acceptors (Lipinski definition) is 3. The van der Waals surface area contributed by atoms with Gasteiger partial charge in [0.25, 0.3) is 0 Å². The molecule has 12 heavy (non-hydrogen) atoms. The van der Waals surface area contributed by atoms with Crippen LogP contribution in [0, 0.1) is 0 Å². The maximum atomic E-state index is 10.5. The lowest BCUT2D eigenvalue weighted by Gasteiger charge is -2.03. The second kappa shape index (κ2) is 3.02. The number of benzene rings is 1. The Hall–Kier alpha value is -1.23. The number of carboxylic acids is 1. The molecular weight excluding hydrogens is 224 g/mol. The molecule has 0 unspecified atom stereocenters. The average molecular weight is 231 g/mol. The van der Waals surface area contributed by atoms with Crippen LogP contribution in [-0.2, 0) is 0 Å². The number of nitrogens with two attached hydrogens (primary N) is 2. The van der Waals surface area contributed by atoms with Crippen LogP contribution in [0.15, 0.2) is 16.6 Å². The van der Waals surface area contributed by atoms with Crippen LogP contribution in [-0.4, -0.2) is 11.1 Å². The Labute approximate surface area is 77.3 Å². The molecule has 5 heteroatoms. The second-order valence-corrected chi connectivity index (χ2v) is 3.12. The van der Waals surface area contributed by atoms with Crippen LogP contribution in [0.25, 0.3) is 0 Å². The fraction of sp³-hybridized carbons (Fsp3) is 0. The lowest BCUT2D eigenvalue weighted by molar-refractivity contribution is 0.0697. The Morgan fingerprint density at radius 1 is 1.42 bits per heavy atom. The molecule has 5 N–H and O–H groups in total. The van der Waals surface area contributed by atoms with Gasteiger partial charge in [-0.15, -0.1) is 0 Å². The van der Waals surface area contributed by atoms with E-state index >= 15 is 0 Å². The first-order chi connectivity index (χ1) is 5.52. The molecule has 0 heterocycles. The molecule has 0 atom stereocenters. The first-order valence-electron chi connectivity index (χ1n) is 3.10. The SMILES string of the molecule is Nc1cc(C(=O)O)cc(Br)c1N. The summed E-state index contributed by atoms with van der Waals surface area (Å²) in [5.74, 6) is -1.03. The van der Waals surface area contributed by atoms with Crippen molar-refractivity contribution in [3.05, 3.63) is 22.2 Å². The summed E-state index contributed by atoms with van der Waals surface area (Å²) in [6, 6.07) is 2.73. The number of hydrogen-bond donors (Lipinski definition) is 3. The Kier molecular flexibility index (Phi) is 2.23. The van der Waals surface area contributed by atoms with Gasteiger partial charge in [0, 0.05) is 4.47 Å². The zero-order valence-electron chi connectivity index (χ0n) is 6.04. The largest absolute Gasteiger partial charge is 0.478 e. The maximum absolute atomic E-state index is 10.5. The maximum Gasteiger partial charge on any atom is 0.335 e. The molecule has 4 nitrogen and oxygen atoms in total. The summed E-state index contributed by atoms with van der Waals surface area (Å²) in [5, 5.41) is 8.61. The number of halogens is 1. The normalized spacial score (nSPS) is 9.75. The van der Waals surface area contributed by atoms with Gasteiger partial charge in [-0.1, -0.05) is 0 Å². The van der Waals surface area contributed by atoms with Gasteiger partial charge < -0.3 is 16.6 Å². The van der Waals surface area contributed by atoms with Crippen molar-refractivity contribution in [2.24, 2.45) is 0 Å². The van der Waals surface area contributed by atoms with Gasteiger partial charge in [0.2, 0.25) is 0 Å². The van der Waals surface area contributed by atoms with Crippen molar-refractivity contribution in [2.45, 2.75) is 0 Å². The van der Waals surface area contributed by atoms with Gasteiger partial charge in [-0.2, -0.15) is 0 Å². The van der Waals surface area contributed by atoms with Crippen LogP contribution in [0.3, 0.4) is 0 Å². The van der Waals surface area contributed by atoms with Gasteiger partial charge in [-0.3, -0.25) is 0 Å². The smallest absolute Gasteiger partial charge is 0.335 e. The molecule has 0 aliphatic heterocycles. The molecule has 0 saturated carbocycles. The molecule has 0 radical (unpaired) electrons. The third-order valence-corrected chi connectivity index (χ3v) is 2.06. The lowest BCUT2D eigenvalue weighted by atomic mass is 10.2. The van der Waals surface area contributed by atoms with Crippen molar-refractivity contribution in [1.29, 1.82) is 0 Å². The van der Waals surface area contributed by atoms with Crippen LogP contribution in [0.4, 0.5) is 11.4 Å². The van der Waals surface area contributed by atoms with Crippen molar-refractivity contribution in [1.82, 2.24) is 0 Å². The molecule has 0 saturated heterocycles. The van der Waals surface area contributed by atoms with E-state index in [1.165, 1.54) is 12.1 Å². The average Bonchev–Trinajstić information content (AvgIpc) is 1.99. The van der Waals surface area contributed by atoms with Gasteiger partial charge in [0.1, 0.15) is 0 Å². The van der Waals surface area contributed by atoms with E-state index in [1.54, 1.807) is 0 Å². The standard InChI is InChI=1S/C7H7BrN2O2/c8-4-1-3(7(11)12)2-5(9)6(4)10/h1-2H,9-10H2,(H,11,12). The molecule has 0 amide bonds. The van der Waals surface area contributed by atoms with Gasteiger partial charge in [0.05, 0.1) is 16.9 Å². The van der Waals surface area contributed by atoms with Gasteiger partial charge in [-0.05, 0) is 28.1 Å². The summed E-state index contributed by atoms with van der Waals surface area (Å²) in [5.41, 5.74) is 11.7. The van der Waals surface area contributed by atoms with E-state index < -0.39 is 5.97 Å². The highest BCUT2D eigenvalue weighted by Crippen LogP contribution is 2.27. The molecule has 0 fully saturated rings. The molecule has 0 aromatic heterocycles.